The van der Waals surface area contributed by atoms with Crippen LogP contribution in [0.5, 0.6) is 0 Å². The molecule has 2 aromatic rings. The van der Waals surface area contributed by atoms with Gasteiger partial charge in [-0.1, -0.05) is 31.2 Å². The first-order chi connectivity index (χ1) is 9.24. The van der Waals surface area contributed by atoms with Crippen molar-refractivity contribution in [3.8, 4) is 11.1 Å². The van der Waals surface area contributed by atoms with Gasteiger partial charge in [0, 0.05) is 24.3 Å². The lowest BCUT2D eigenvalue weighted by Gasteiger charge is -2.13. The Morgan fingerprint density at radius 1 is 1.16 bits per heavy atom. The van der Waals surface area contributed by atoms with Gasteiger partial charge in [-0.3, -0.25) is 4.68 Å². The summed E-state index contributed by atoms with van der Waals surface area (Å²) in [5.74, 6) is 0. The van der Waals surface area contributed by atoms with E-state index in [-0.39, 0.29) is 0 Å². The summed E-state index contributed by atoms with van der Waals surface area (Å²) in [6.45, 7) is 8.47. The Labute approximate surface area is 115 Å². The molecule has 0 aliphatic rings. The van der Waals surface area contributed by atoms with Gasteiger partial charge in [0.2, 0.25) is 0 Å². The summed E-state index contributed by atoms with van der Waals surface area (Å²) in [7, 11) is 0. The third-order valence-corrected chi connectivity index (χ3v) is 3.40. The Balaban J connectivity index is 2.09. The predicted molar refractivity (Wildman–Crippen MR) is 80.0 cm³/mol. The third kappa shape index (κ3) is 3.44. The molecule has 2 rings (SSSR count). The number of benzene rings is 1. The average Bonchev–Trinajstić information content (AvgIpc) is 2.94. The maximum absolute atomic E-state index is 4.31. The van der Waals surface area contributed by atoms with E-state index in [0.29, 0.717) is 6.04 Å². The van der Waals surface area contributed by atoms with E-state index < -0.39 is 0 Å². The molecule has 3 nitrogen and oxygen atoms in total. The first-order valence-electron chi connectivity index (χ1n) is 7.10. The number of nitrogens with zero attached hydrogens (tertiary/aromatic N) is 2. The molecule has 102 valence electrons. The summed E-state index contributed by atoms with van der Waals surface area (Å²) in [4.78, 5) is 0. The van der Waals surface area contributed by atoms with Crippen LogP contribution in [0.3, 0.4) is 0 Å². The highest BCUT2D eigenvalue weighted by molar-refractivity contribution is 5.62. The highest BCUT2D eigenvalue weighted by Crippen LogP contribution is 2.21. The van der Waals surface area contributed by atoms with Gasteiger partial charge in [0.25, 0.3) is 0 Å². The number of hydrogen-bond donors (Lipinski definition) is 1. The molecule has 0 radical (unpaired) electrons. The molecule has 0 amide bonds. The highest BCUT2D eigenvalue weighted by atomic mass is 15.3. The van der Waals surface area contributed by atoms with Gasteiger partial charge in [-0.2, -0.15) is 5.10 Å². The van der Waals surface area contributed by atoms with Crippen LogP contribution < -0.4 is 5.32 Å². The van der Waals surface area contributed by atoms with Crippen molar-refractivity contribution >= 4 is 0 Å². The molecule has 0 bridgehead atoms. The molecule has 1 aromatic carbocycles. The third-order valence-electron chi connectivity index (χ3n) is 3.40. The normalized spacial score (nSPS) is 12.6. The van der Waals surface area contributed by atoms with E-state index in [9.17, 15) is 0 Å². The van der Waals surface area contributed by atoms with Gasteiger partial charge in [-0.15, -0.1) is 0 Å². The molecule has 1 N–H and O–H groups in total. The number of nitrogens with one attached hydrogen (secondary N) is 1. The molecule has 0 fully saturated rings. The van der Waals surface area contributed by atoms with E-state index >= 15 is 0 Å². The molecule has 1 aromatic heterocycles. The lowest BCUT2D eigenvalue weighted by molar-refractivity contribution is 0.571. The maximum Gasteiger partial charge on any atom is 0.0568 e. The largest absolute Gasteiger partial charge is 0.310 e. The topological polar surface area (TPSA) is 29.9 Å². The summed E-state index contributed by atoms with van der Waals surface area (Å²) < 4.78 is 1.95. The molecular weight excluding hydrogens is 234 g/mol. The van der Waals surface area contributed by atoms with E-state index in [0.717, 1.165) is 13.1 Å². The number of aromatic nitrogens is 2. The van der Waals surface area contributed by atoms with Crippen molar-refractivity contribution in [2.45, 2.75) is 39.8 Å². The smallest absolute Gasteiger partial charge is 0.0568 e. The zero-order valence-electron chi connectivity index (χ0n) is 12.1. The van der Waals surface area contributed by atoms with Crippen molar-refractivity contribution in [1.82, 2.24) is 15.1 Å². The van der Waals surface area contributed by atoms with Gasteiger partial charge in [-0.05, 0) is 37.9 Å². The van der Waals surface area contributed by atoms with Crippen LogP contribution in [-0.4, -0.2) is 16.3 Å². The standard InChI is InChI=1S/C16H23N3/c1-4-10-17-13(3)14-6-8-15(9-7-14)16-11-18-19(5-2)12-16/h6-9,11-13,17H,4-5,10H2,1-3H3. The minimum Gasteiger partial charge on any atom is -0.310 e. The van der Waals surface area contributed by atoms with Crippen LogP contribution >= 0.6 is 0 Å². The summed E-state index contributed by atoms with van der Waals surface area (Å²) in [5.41, 5.74) is 3.74. The zero-order valence-corrected chi connectivity index (χ0v) is 12.1. The van der Waals surface area contributed by atoms with Gasteiger partial charge < -0.3 is 5.32 Å². The lowest BCUT2D eigenvalue weighted by atomic mass is 10.0. The van der Waals surface area contributed by atoms with Crippen molar-refractivity contribution in [3.63, 3.8) is 0 Å². The van der Waals surface area contributed by atoms with E-state index in [4.69, 9.17) is 0 Å². The SMILES string of the molecule is CCCNC(C)c1ccc(-c2cnn(CC)c2)cc1. The van der Waals surface area contributed by atoms with Crippen LogP contribution in [-0.2, 0) is 6.54 Å². The van der Waals surface area contributed by atoms with Crippen LogP contribution in [0.1, 0.15) is 38.8 Å². The van der Waals surface area contributed by atoms with Crippen molar-refractivity contribution < 1.29 is 0 Å². The summed E-state index contributed by atoms with van der Waals surface area (Å²) in [6, 6.07) is 9.16. The first-order valence-corrected chi connectivity index (χ1v) is 7.10. The van der Waals surface area contributed by atoms with Gasteiger partial charge in [0.05, 0.1) is 6.20 Å². The van der Waals surface area contributed by atoms with Crippen molar-refractivity contribution in [2.24, 2.45) is 0 Å². The van der Waals surface area contributed by atoms with Crippen molar-refractivity contribution in [3.05, 3.63) is 42.2 Å². The van der Waals surface area contributed by atoms with Crippen LogP contribution in [0.4, 0.5) is 0 Å². The van der Waals surface area contributed by atoms with E-state index in [2.05, 4.69) is 61.6 Å². The maximum atomic E-state index is 4.31. The predicted octanol–water partition coefficient (Wildman–Crippen LogP) is 3.63. The molecule has 0 saturated carbocycles. The second-order valence-corrected chi connectivity index (χ2v) is 4.88. The van der Waals surface area contributed by atoms with Crippen LogP contribution in [0.15, 0.2) is 36.7 Å². The second kappa shape index (κ2) is 6.53. The summed E-state index contributed by atoms with van der Waals surface area (Å²) in [6.07, 6.45) is 5.18. The summed E-state index contributed by atoms with van der Waals surface area (Å²) in [5, 5.41) is 7.82. The number of hydrogen-bond acceptors (Lipinski definition) is 2. The fraction of sp³-hybridized carbons (Fsp3) is 0.438. The Morgan fingerprint density at radius 3 is 2.47 bits per heavy atom. The van der Waals surface area contributed by atoms with E-state index in [1.54, 1.807) is 0 Å². The lowest BCUT2D eigenvalue weighted by Crippen LogP contribution is -2.19. The number of aryl methyl sites for hydroxylation is 1. The molecule has 1 unspecified atom stereocenters. The van der Waals surface area contributed by atoms with E-state index in [1.807, 2.05) is 10.9 Å². The molecular formula is C16H23N3. The number of rotatable bonds is 6. The quantitative estimate of drug-likeness (QED) is 0.856. The molecule has 19 heavy (non-hydrogen) atoms. The molecule has 0 saturated heterocycles. The Kier molecular flexibility index (Phi) is 4.74. The zero-order chi connectivity index (χ0) is 13.7. The Hall–Kier alpha value is -1.61. The molecule has 3 heteroatoms. The molecule has 1 heterocycles. The summed E-state index contributed by atoms with van der Waals surface area (Å²) >= 11 is 0. The minimum atomic E-state index is 0.410. The fourth-order valence-corrected chi connectivity index (χ4v) is 2.13. The molecule has 0 aliphatic heterocycles. The fourth-order valence-electron chi connectivity index (χ4n) is 2.13. The van der Waals surface area contributed by atoms with Gasteiger partial charge in [-0.25, -0.2) is 0 Å². The minimum absolute atomic E-state index is 0.410. The molecule has 1 atom stereocenters. The van der Waals surface area contributed by atoms with Crippen LogP contribution in [0.25, 0.3) is 11.1 Å². The monoisotopic (exact) mass is 257 g/mol. The van der Waals surface area contributed by atoms with Gasteiger partial charge >= 0.3 is 0 Å². The van der Waals surface area contributed by atoms with Crippen molar-refractivity contribution in [2.75, 3.05) is 6.54 Å². The average molecular weight is 257 g/mol. The Bertz CT molecular complexity index is 499. The second-order valence-electron chi connectivity index (χ2n) is 4.88. The molecule has 0 aliphatic carbocycles. The van der Waals surface area contributed by atoms with E-state index in [1.165, 1.54) is 23.1 Å². The molecule has 0 spiro atoms. The van der Waals surface area contributed by atoms with Gasteiger partial charge in [0.1, 0.15) is 0 Å². The highest BCUT2D eigenvalue weighted by Gasteiger charge is 2.05. The van der Waals surface area contributed by atoms with Crippen LogP contribution in [0, 0.1) is 0 Å². The Morgan fingerprint density at radius 2 is 1.89 bits per heavy atom. The van der Waals surface area contributed by atoms with Crippen molar-refractivity contribution in [1.29, 1.82) is 0 Å². The van der Waals surface area contributed by atoms with Crippen LogP contribution in [0.2, 0.25) is 0 Å². The first kappa shape index (κ1) is 13.8. The van der Waals surface area contributed by atoms with Gasteiger partial charge in [0.15, 0.2) is 0 Å².